The summed E-state index contributed by atoms with van der Waals surface area (Å²) in [6.07, 6.45) is 6.83. The summed E-state index contributed by atoms with van der Waals surface area (Å²) in [4.78, 5) is 25.5. The van der Waals surface area contributed by atoms with Crippen LogP contribution in [-0.4, -0.2) is 35.8 Å². The van der Waals surface area contributed by atoms with Gasteiger partial charge in [0.25, 0.3) is 11.1 Å². The van der Waals surface area contributed by atoms with Crippen molar-refractivity contribution in [2.75, 3.05) is 19.8 Å². The first-order valence-corrected chi connectivity index (χ1v) is 8.90. The van der Waals surface area contributed by atoms with Gasteiger partial charge in [0.1, 0.15) is 0 Å². The predicted octanol–water partition coefficient (Wildman–Crippen LogP) is 3.92. The largest absolute Gasteiger partial charge is 0.490 e. The third-order valence-electron chi connectivity index (χ3n) is 3.07. The normalized spacial score (nSPS) is 15.8. The van der Waals surface area contributed by atoms with Crippen LogP contribution in [0.15, 0.2) is 21.5 Å². The van der Waals surface area contributed by atoms with Gasteiger partial charge in [-0.15, -0.1) is 6.42 Å². The molecule has 0 unspecified atom stereocenters. The molecule has 1 aliphatic heterocycles. The maximum Gasteiger partial charge on any atom is 0.294 e. The van der Waals surface area contributed by atoms with Gasteiger partial charge in [0.2, 0.25) is 0 Å². The van der Waals surface area contributed by atoms with E-state index >= 15 is 0 Å². The Bertz CT molecular complexity index is 739. The van der Waals surface area contributed by atoms with Crippen molar-refractivity contribution >= 4 is 44.9 Å². The highest BCUT2D eigenvalue weighted by molar-refractivity contribution is 9.10. The molecule has 2 rings (SSSR count). The number of rotatable bonds is 6. The Morgan fingerprint density at radius 1 is 1.25 bits per heavy atom. The molecule has 1 saturated heterocycles. The van der Waals surface area contributed by atoms with Gasteiger partial charge in [-0.1, -0.05) is 21.9 Å². The lowest BCUT2D eigenvalue weighted by molar-refractivity contribution is -0.122. The first kappa shape index (κ1) is 18.4. The summed E-state index contributed by atoms with van der Waals surface area (Å²) in [6, 6.07) is 3.56. The van der Waals surface area contributed by atoms with Crippen LogP contribution < -0.4 is 9.47 Å². The van der Waals surface area contributed by atoms with Gasteiger partial charge < -0.3 is 9.47 Å². The zero-order chi connectivity index (χ0) is 17.7. The molecule has 7 heteroatoms. The minimum Gasteiger partial charge on any atom is -0.490 e. The van der Waals surface area contributed by atoms with Crippen LogP contribution in [0.4, 0.5) is 4.79 Å². The number of amides is 2. The minimum absolute atomic E-state index is 0.0311. The molecule has 126 valence electrons. The third kappa shape index (κ3) is 3.94. The van der Waals surface area contributed by atoms with Crippen molar-refractivity contribution in [1.29, 1.82) is 0 Å². The molecule has 0 aliphatic carbocycles. The van der Waals surface area contributed by atoms with Crippen LogP contribution in [0, 0.1) is 12.3 Å². The minimum atomic E-state index is -0.387. The maximum absolute atomic E-state index is 12.3. The van der Waals surface area contributed by atoms with Gasteiger partial charge in [0.05, 0.1) is 24.7 Å². The topological polar surface area (TPSA) is 55.8 Å². The van der Waals surface area contributed by atoms with E-state index in [1.54, 1.807) is 18.2 Å². The molecule has 0 aromatic heterocycles. The number of carbonyl (C=O) groups excluding carboxylic acids is 2. The van der Waals surface area contributed by atoms with Gasteiger partial charge in [-0.05, 0) is 49.4 Å². The number of halogens is 1. The number of thioether (sulfide) groups is 1. The molecular weight excluding hydrogens is 394 g/mol. The molecule has 0 spiro atoms. The molecular formula is C17H16BrNO4S. The average Bonchev–Trinajstić information content (AvgIpc) is 2.80. The second-order valence-electron chi connectivity index (χ2n) is 4.66. The van der Waals surface area contributed by atoms with Gasteiger partial charge in [-0.25, -0.2) is 0 Å². The molecule has 0 atom stereocenters. The quantitative estimate of drug-likeness (QED) is 0.526. The van der Waals surface area contributed by atoms with Gasteiger partial charge in [0, 0.05) is 4.47 Å². The van der Waals surface area contributed by atoms with Gasteiger partial charge in [-0.3, -0.25) is 14.5 Å². The van der Waals surface area contributed by atoms with Gasteiger partial charge in [0.15, 0.2) is 11.5 Å². The van der Waals surface area contributed by atoms with Gasteiger partial charge in [-0.2, -0.15) is 0 Å². The van der Waals surface area contributed by atoms with E-state index in [0.717, 1.165) is 21.1 Å². The van der Waals surface area contributed by atoms with Crippen molar-refractivity contribution in [3.05, 3.63) is 27.1 Å². The SMILES string of the molecule is C#CCN1C(=O)S/C(=C\c2cc(OCC)c(OCC)cc2Br)C1=O. The van der Waals surface area contributed by atoms with Crippen LogP contribution in [0.25, 0.3) is 6.08 Å². The molecule has 2 amide bonds. The summed E-state index contributed by atoms with van der Waals surface area (Å²) in [5.74, 6) is 3.12. The van der Waals surface area contributed by atoms with E-state index in [1.165, 1.54) is 0 Å². The molecule has 24 heavy (non-hydrogen) atoms. The molecule has 0 saturated carbocycles. The molecule has 5 nitrogen and oxygen atoms in total. The Morgan fingerprint density at radius 3 is 2.46 bits per heavy atom. The Balaban J connectivity index is 2.39. The van der Waals surface area contributed by atoms with Crippen LogP contribution in [0.2, 0.25) is 0 Å². The summed E-state index contributed by atoms with van der Waals surface area (Å²) in [5.41, 5.74) is 0.716. The number of nitrogens with zero attached hydrogens (tertiary/aromatic N) is 1. The molecule has 1 aromatic carbocycles. The molecule has 0 bridgehead atoms. The average molecular weight is 410 g/mol. The Kier molecular flexibility index (Phi) is 6.35. The Labute approximate surface area is 153 Å². The molecule has 0 N–H and O–H groups in total. The summed E-state index contributed by atoms with van der Waals surface area (Å²) in [5, 5.41) is -0.365. The molecule has 0 radical (unpaired) electrons. The fourth-order valence-corrected chi connectivity index (χ4v) is 3.33. The van der Waals surface area contributed by atoms with E-state index < -0.39 is 0 Å². The van der Waals surface area contributed by atoms with E-state index in [2.05, 4.69) is 21.9 Å². The Hall–Kier alpha value is -1.91. The van der Waals surface area contributed by atoms with Crippen molar-refractivity contribution in [3.8, 4) is 23.8 Å². The summed E-state index contributed by atoms with van der Waals surface area (Å²) in [7, 11) is 0. The lowest BCUT2D eigenvalue weighted by atomic mass is 10.2. The van der Waals surface area contributed by atoms with E-state index in [1.807, 2.05) is 13.8 Å². The molecule has 1 aliphatic rings. The second kappa shape index (κ2) is 8.27. The number of carbonyl (C=O) groups is 2. The summed E-state index contributed by atoms with van der Waals surface area (Å²) in [6.45, 7) is 4.73. The highest BCUT2D eigenvalue weighted by Gasteiger charge is 2.34. The molecule has 1 fully saturated rings. The fourth-order valence-electron chi connectivity index (χ4n) is 2.07. The van der Waals surface area contributed by atoms with Crippen molar-refractivity contribution in [2.24, 2.45) is 0 Å². The summed E-state index contributed by atoms with van der Waals surface area (Å²) >= 11 is 4.33. The lowest BCUT2D eigenvalue weighted by Crippen LogP contribution is -2.28. The molecule has 1 aromatic rings. The van der Waals surface area contributed by atoms with E-state index in [9.17, 15) is 9.59 Å². The second-order valence-corrected chi connectivity index (χ2v) is 6.51. The van der Waals surface area contributed by atoms with Crippen LogP contribution in [0.3, 0.4) is 0 Å². The predicted molar refractivity (Wildman–Crippen MR) is 98.0 cm³/mol. The first-order valence-electron chi connectivity index (χ1n) is 7.29. The van der Waals surface area contributed by atoms with Crippen LogP contribution in [0.1, 0.15) is 19.4 Å². The van der Waals surface area contributed by atoms with E-state index in [0.29, 0.717) is 35.2 Å². The monoisotopic (exact) mass is 409 g/mol. The van der Waals surface area contributed by atoms with Crippen molar-refractivity contribution < 1.29 is 19.1 Å². The third-order valence-corrected chi connectivity index (χ3v) is 4.67. The van der Waals surface area contributed by atoms with E-state index in [4.69, 9.17) is 15.9 Å². The highest BCUT2D eigenvalue weighted by Crippen LogP contribution is 2.38. The van der Waals surface area contributed by atoms with Crippen molar-refractivity contribution in [3.63, 3.8) is 0 Å². The van der Waals surface area contributed by atoms with Crippen molar-refractivity contribution in [2.45, 2.75) is 13.8 Å². The first-order chi connectivity index (χ1) is 11.5. The van der Waals surface area contributed by atoms with E-state index in [-0.39, 0.29) is 17.7 Å². The highest BCUT2D eigenvalue weighted by atomic mass is 79.9. The van der Waals surface area contributed by atoms with Crippen LogP contribution in [-0.2, 0) is 4.79 Å². The van der Waals surface area contributed by atoms with Gasteiger partial charge >= 0.3 is 0 Å². The van der Waals surface area contributed by atoms with Crippen LogP contribution >= 0.6 is 27.7 Å². The number of ether oxygens (including phenoxy) is 2. The number of hydrogen-bond donors (Lipinski definition) is 0. The standard InChI is InChI=1S/C17H16BrNO4S/c1-4-7-19-16(20)15(24-17(19)21)9-11-8-13(22-5-2)14(23-6-3)10-12(11)18/h1,8-10H,5-7H2,2-3H3/b15-9-. The summed E-state index contributed by atoms with van der Waals surface area (Å²) < 4.78 is 11.9. The fraction of sp³-hybridized carbons (Fsp3) is 0.294. The zero-order valence-electron chi connectivity index (χ0n) is 13.3. The Morgan fingerprint density at radius 2 is 1.88 bits per heavy atom. The lowest BCUT2D eigenvalue weighted by Gasteiger charge is -2.13. The van der Waals surface area contributed by atoms with Crippen LogP contribution in [0.5, 0.6) is 11.5 Å². The smallest absolute Gasteiger partial charge is 0.294 e. The molecule has 1 heterocycles. The number of benzene rings is 1. The maximum atomic E-state index is 12.3. The van der Waals surface area contributed by atoms with Crippen molar-refractivity contribution in [1.82, 2.24) is 4.90 Å². The number of terminal acetylenes is 1. The zero-order valence-corrected chi connectivity index (χ0v) is 15.7. The number of hydrogen-bond acceptors (Lipinski definition) is 5. The number of imide groups is 1.